The molecule has 1 saturated heterocycles. The van der Waals surface area contributed by atoms with Crippen LogP contribution in [0, 0.1) is 12.7 Å². The first-order chi connectivity index (χ1) is 12.9. The first-order valence-electron chi connectivity index (χ1n) is 8.66. The molecule has 1 fully saturated rings. The monoisotopic (exact) mass is 366 g/mol. The number of amides is 3. The summed E-state index contributed by atoms with van der Waals surface area (Å²) in [7, 11) is 1.75. The summed E-state index contributed by atoms with van der Waals surface area (Å²) in [6, 6.07) is 11.6. The van der Waals surface area contributed by atoms with Crippen molar-refractivity contribution < 1.29 is 14.0 Å². The number of carbonyl (C=O) groups is 2. The Morgan fingerprint density at radius 1 is 1.19 bits per heavy atom. The first-order valence-corrected chi connectivity index (χ1v) is 8.66. The molecular formula is C20H19FN4O2. The quantitative estimate of drug-likeness (QED) is 0.741. The van der Waals surface area contributed by atoms with Crippen LogP contribution in [0.2, 0.25) is 0 Å². The number of carbonyl (C=O) groups excluding carboxylic acids is 2. The molecule has 7 heteroatoms. The Balaban J connectivity index is 1.59. The van der Waals surface area contributed by atoms with Gasteiger partial charge in [-0.1, -0.05) is 12.1 Å². The van der Waals surface area contributed by atoms with Gasteiger partial charge in [-0.3, -0.25) is 9.69 Å². The van der Waals surface area contributed by atoms with Gasteiger partial charge in [0.15, 0.2) is 0 Å². The zero-order valence-corrected chi connectivity index (χ0v) is 15.0. The number of urea groups is 1. The Bertz CT molecular complexity index is 1020. The predicted octanol–water partition coefficient (Wildman–Crippen LogP) is 3.74. The van der Waals surface area contributed by atoms with Crippen molar-refractivity contribution in [1.29, 1.82) is 0 Å². The van der Waals surface area contributed by atoms with E-state index in [0.29, 0.717) is 29.7 Å². The summed E-state index contributed by atoms with van der Waals surface area (Å²) < 4.78 is 14.0. The van der Waals surface area contributed by atoms with E-state index in [0.717, 1.165) is 11.3 Å². The number of rotatable bonds is 3. The van der Waals surface area contributed by atoms with Crippen LogP contribution in [0.15, 0.2) is 42.5 Å². The van der Waals surface area contributed by atoms with Crippen LogP contribution in [-0.4, -0.2) is 42.0 Å². The third-order valence-electron chi connectivity index (χ3n) is 4.83. The van der Waals surface area contributed by atoms with Crippen LogP contribution in [0.25, 0.3) is 10.9 Å². The number of benzene rings is 2. The summed E-state index contributed by atoms with van der Waals surface area (Å²) in [6.45, 7) is 3.12. The van der Waals surface area contributed by atoms with Crippen molar-refractivity contribution in [2.45, 2.75) is 6.92 Å². The molecule has 3 amide bonds. The van der Waals surface area contributed by atoms with E-state index in [2.05, 4.69) is 10.3 Å². The average molecular weight is 366 g/mol. The minimum atomic E-state index is -0.371. The van der Waals surface area contributed by atoms with E-state index >= 15 is 0 Å². The number of fused-ring (bicyclic) bond motifs is 1. The number of anilines is 2. The number of aromatic nitrogens is 1. The SMILES string of the molecule is Cc1ccc(F)c2cc(C(=O)Nc3cccc(N4CCN(C)C4=O)c3)[nH]c12. The molecule has 0 saturated carbocycles. The molecule has 0 radical (unpaired) electrons. The number of likely N-dealkylation sites (N-methyl/N-ethyl adjacent to an activating group) is 1. The van der Waals surface area contributed by atoms with Gasteiger partial charge in [0, 0.05) is 36.9 Å². The number of hydrogen-bond acceptors (Lipinski definition) is 2. The number of H-pyrrole nitrogens is 1. The lowest BCUT2D eigenvalue weighted by atomic mass is 10.1. The number of aromatic amines is 1. The molecule has 27 heavy (non-hydrogen) atoms. The normalized spacial score (nSPS) is 14.3. The van der Waals surface area contributed by atoms with E-state index in [1.165, 1.54) is 12.1 Å². The van der Waals surface area contributed by atoms with E-state index in [4.69, 9.17) is 0 Å². The minimum Gasteiger partial charge on any atom is -0.350 e. The Labute approximate surface area is 155 Å². The summed E-state index contributed by atoms with van der Waals surface area (Å²) in [5.41, 5.74) is 3.04. The maximum atomic E-state index is 14.0. The van der Waals surface area contributed by atoms with Crippen molar-refractivity contribution in [2.75, 3.05) is 30.4 Å². The van der Waals surface area contributed by atoms with E-state index in [1.807, 2.05) is 13.0 Å². The van der Waals surface area contributed by atoms with Gasteiger partial charge in [0.2, 0.25) is 0 Å². The lowest BCUT2D eigenvalue weighted by Gasteiger charge is -2.17. The summed E-state index contributed by atoms with van der Waals surface area (Å²) in [4.78, 5) is 31.0. The average Bonchev–Trinajstić information content (AvgIpc) is 3.24. The molecule has 1 aromatic heterocycles. The zero-order valence-electron chi connectivity index (χ0n) is 15.0. The van der Waals surface area contributed by atoms with Gasteiger partial charge in [-0.05, 0) is 42.8 Å². The van der Waals surface area contributed by atoms with Gasteiger partial charge in [-0.15, -0.1) is 0 Å². The van der Waals surface area contributed by atoms with Gasteiger partial charge in [-0.2, -0.15) is 0 Å². The molecule has 138 valence electrons. The maximum absolute atomic E-state index is 14.0. The molecule has 0 aliphatic carbocycles. The molecule has 6 nitrogen and oxygen atoms in total. The highest BCUT2D eigenvalue weighted by molar-refractivity contribution is 6.06. The highest BCUT2D eigenvalue weighted by atomic mass is 19.1. The van der Waals surface area contributed by atoms with E-state index in [1.54, 1.807) is 41.1 Å². The lowest BCUT2D eigenvalue weighted by Crippen LogP contribution is -2.29. The lowest BCUT2D eigenvalue weighted by molar-refractivity contribution is 0.102. The fourth-order valence-electron chi connectivity index (χ4n) is 3.28. The van der Waals surface area contributed by atoms with Gasteiger partial charge in [0.1, 0.15) is 11.5 Å². The van der Waals surface area contributed by atoms with Crippen molar-refractivity contribution in [1.82, 2.24) is 9.88 Å². The van der Waals surface area contributed by atoms with E-state index in [-0.39, 0.29) is 23.4 Å². The van der Waals surface area contributed by atoms with Crippen LogP contribution < -0.4 is 10.2 Å². The number of aryl methyl sites for hydroxylation is 1. The van der Waals surface area contributed by atoms with Gasteiger partial charge >= 0.3 is 6.03 Å². The molecule has 0 bridgehead atoms. The molecule has 0 unspecified atom stereocenters. The Hall–Kier alpha value is -3.35. The zero-order chi connectivity index (χ0) is 19.1. The molecule has 2 N–H and O–H groups in total. The molecule has 3 aromatic rings. The molecule has 2 heterocycles. The van der Waals surface area contributed by atoms with Gasteiger partial charge in [0.05, 0.1) is 5.52 Å². The fourth-order valence-corrected chi connectivity index (χ4v) is 3.28. The highest BCUT2D eigenvalue weighted by Gasteiger charge is 2.26. The second kappa shape index (κ2) is 6.42. The summed E-state index contributed by atoms with van der Waals surface area (Å²) >= 11 is 0. The molecule has 4 rings (SSSR count). The van der Waals surface area contributed by atoms with Crippen LogP contribution in [-0.2, 0) is 0 Å². The Morgan fingerprint density at radius 2 is 2.00 bits per heavy atom. The van der Waals surface area contributed by atoms with Crippen molar-refractivity contribution in [3.05, 3.63) is 59.5 Å². The topological polar surface area (TPSA) is 68.4 Å². The molecular weight excluding hydrogens is 347 g/mol. The van der Waals surface area contributed by atoms with E-state index < -0.39 is 0 Å². The van der Waals surface area contributed by atoms with Crippen molar-refractivity contribution >= 4 is 34.2 Å². The van der Waals surface area contributed by atoms with Crippen LogP contribution in [0.3, 0.4) is 0 Å². The number of nitrogens with one attached hydrogen (secondary N) is 2. The highest BCUT2D eigenvalue weighted by Crippen LogP contribution is 2.25. The van der Waals surface area contributed by atoms with Gasteiger partial charge < -0.3 is 15.2 Å². The van der Waals surface area contributed by atoms with Crippen LogP contribution >= 0.6 is 0 Å². The fraction of sp³-hybridized carbons (Fsp3) is 0.200. The minimum absolute atomic E-state index is 0.0694. The summed E-state index contributed by atoms with van der Waals surface area (Å²) in [5.74, 6) is -0.739. The molecule has 2 aromatic carbocycles. The summed E-state index contributed by atoms with van der Waals surface area (Å²) in [6.07, 6.45) is 0. The van der Waals surface area contributed by atoms with Crippen molar-refractivity contribution in [2.24, 2.45) is 0 Å². The smallest absolute Gasteiger partial charge is 0.324 e. The third-order valence-corrected chi connectivity index (χ3v) is 4.83. The number of hydrogen-bond donors (Lipinski definition) is 2. The van der Waals surface area contributed by atoms with Crippen LogP contribution in [0.1, 0.15) is 16.1 Å². The van der Waals surface area contributed by atoms with Crippen LogP contribution in [0.4, 0.5) is 20.6 Å². The third kappa shape index (κ3) is 3.01. The van der Waals surface area contributed by atoms with Crippen molar-refractivity contribution in [3.8, 4) is 0 Å². The molecule has 0 spiro atoms. The number of halogens is 1. The second-order valence-corrected chi connectivity index (χ2v) is 6.70. The van der Waals surface area contributed by atoms with Crippen molar-refractivity contribution in [3.63, 3.8) is 0 Å². The molecule has 0 atom stereocenters. The Kier molecular flexibility index (Phi) is 4.07. The summed E-state index contributed by atoms with van der Waals surface area (Å²) in [5, 5.41) is 3.19. The largest absolute Gasteiger partial charge is 0.350 e. The number of nitrogens with zero attached hydrogens (tertiary/aromatic N) is 2. The predicted molar refractivity (Wildman–Crippen MR) is 103 cm³/mol. The van der Waals surface area contributed by atoms with E-state index in [9.17, 15) is 14.0 Å². The first kappa shape index (κ1) is 17.1. The molecule has 1 aliphatic heterocycles. The van der Waals surface area contributed by atoms with Gasteiger partial charge in [-0.25, -0.2) is 9.18 Å². The second-order valence-electron chi connectivity index (χ2n) is 6.70. The maximum Gasteiger partial charge on any atom is 0.324 e. The van der Waals surface area contributed by atoms with Crippen LogP contribution in [0.5, 0.6) is 0 Å². The van der Waals surface area contributed by atoms with Gasteiger partial charge in [0.25, 0.3) is 5.91 Å². The molecule has 1 aliphatic rings. The Morgan fingerprint density at radius 3 is 2.70 bits per heavy atom. The standard InChI is InChI=1S/C20H19FN4O2/c1-12-6-7-16(21)15-11-17(23-18(12)15)19(26)22-13-4-3-5-14(10-13)25-9-8-24(2)20(25)27/h3-7,10-11,23H,8-9H2,1-2H3,(H,22,26).